The average molecular weight is 222 g/mol. The summed E-state index contributed by atoms with van der Waals surface area (Å²) in [6.07, 6.45) is 0. The number of nitrogens with zero attached hydrogens (tertiary/aromatic N) is 3. The van der Waals surface area contributed by atoms with Gasteiger partial charge in [-0.15, -0.1) is 16.7 Å². The molecule has 0 spiro atoms. The largest absolute Gasteiger partial charge is 0.245 e. The maximum atomic E-state index is 5.84. The lowest BCUT2D eigenvalue weighted by molar-refractivity contribution is 0.632. The van der Waals surface area contributed by atoms with Crippen molar-refractivity contribution in [2.24, 2.45) is 0 Å². The summed E-state index contributed by atoms with van der Waals surface area (Å²) in [5.74, 6) is 0.393. The van der Waals surface area contributed by atoms with E-state index in [4.69, 9.17) is 11.6 Å². The van der Waals surface area contributed by atoms with Gasteiger partial charge in [-0.3, -0.25) is 0 Å². The summed E-state index contributed by atoms with van der Waals surface area (Å²) in [5, 5.41) is 8.13. The number of halogens is 1. The Morgan fingerprint density at radius 1 is 1.27 bits per heavy atom. The highest BCUT2D eigenvalue weighted by molar-refractivity contribution is 6.17. The van der Waals surface area contributed by atoms with Crippen LogP contribution in [0, 0.1) is 0 Å². The minimum atomic E-state index is 0.393. The Labute approximate surface area is 93.7 Å². The first-order valence-corrected chi connectivity index (χ1v) is 5.44. The van der Waals surface area contributed by atoms with E-state index in [2.05, 4.69) is 10.3 Å². The fraction of sp³-hybridized carbons (Fsp3) is 0.273. The second-order valence-electron chi connectivity index (χ2n) is 3.20. The van der Waals surface area contributed by atoms with E-state index in [-0.39, 0.29) is 0 Å². The summed E-state index contributed by atoms with van der Waals surface area (Å²) in [6, 6.07) is 10.1. The molecule has 15 heavy (non-hydrogen) atoms. The van der Waals surface area contributed by atoms with Crippen molar-refractivity contribution in [3.8, 4) is 11.3 Å². The summed E-state index contributed by atoms with van der Waals surface area (Å²) >= 11 is 5.84. The van der Waals surface area contributed by atoms with Crippen LogP contribution in [0.2, 0.25) is 0 Å². The number of hydrogen-bond acceptors (Lipinski definition) is 2. The van der Waals surface area contributed by atoms with E-state index < -0.39 is 0 Å². The summed E-state index contributed by atoms with van der Waals surface area (Å²) in [5.41, 5.74) is 2.97. The fourth-order valence-corrected chi connectivity index (χ4v) is 1.75. The van der Waals surface area contributed by atoms with Gasteiger partial charge in [-0.25, -0.2) is 4.68 Å². The van der Waals surface area contributed by atoms with Crippen LogP contribution in [0.4, 0.5) is 0 Å². The predicted octanol–water partition coefficient (Wildman–Crippen LogP) is 2.70. The Morgan fingerprint density at radius 2 is 2.00 bits per heavy atom. The molecule has 78 valence electrons. The molecule has 0 saturated carbocycles. The molecule has 3 nitrogen and oxygen atoms in total. The summed E-state index contributed by atoms with van der Waals surface area (Å²) < 4.78 is 1.87. The van der Waals surface area contributed by atoms with E-state index >= 15 is 0 Å². The fourth-order valence-electron chi connectivity index (χ4n) is 1.57. The van der Waals surface area contributed by atoms with Gasteiger partial charge in [0, 0.05) is 12.1 Å². The van der Waals surface area contributed by atoms with Gasteiger partial charge >= 0.3 is 0 Å². The molecule has 4 heteroatoms. The van der Waals surface area contributed by atoms with Gasteiger partial charge in [0.25, 0.3) is 0 Å². The van der Waals surface area contributed by atoms with E-state index in [1.165, 1.54) is 0 Å². The van der Waals surface area contributed by atoms with Gasteiger partial charge in [0.05, 0.1) is 11.6 Å². The van der Waals surface area contributed by atoms with Gasteiger partial charge in [0.2, 0.25) is 0 Å². The van der Waals surface area contributed by atoms with E-state index in [0.29, 0.717) is 5.88 Å². The zero-order chi connectivity index (χ0) is 10.7. The van der Waals surface area contributed by atoms with E-state index in [1.807, 2.05) is 41.9 Å². The first-order valence-electron chi connectivity index (χ1n) is 4.90. The molecule has 0 fully saturated rings. The van der Waals surface area contributed by atoms with Crippen LogP contribution in [0.5, 0.6) is 0 Å². The standard InChI is InChI=1S/C11H12ClN3/c1-2-15-11(10(8-12)13-14-15)9-6-4-3-5-7-9/h3-7H,2,8H2,1H3. The average Bonchev–Trinajstić information content (AvgIpc) is 2.72. The molecular formula is C11H12ClN3. The van der Waals surface area contributed by atoms with Crippen molar-refractivity contribution in [1.82, 2.24) is 15.0 Å². The quantitative estimate of drug-likeness (QED) is 0.747. The maximum absolute atomic E-state index is 5.84. The second kappa shape index (κ2) is 4.45. The Balaban J connectivity index is 2.55. The SMILES string of the molecule is CCn1nnc(CCl)c1-c1ccccc1. The van der Waals surface area contributed by atoms with Crippen molar-refractivity contribution in [3.05, 3.63) is 36.0 Å². The molecule has 0 atom stereocenters. The van der Waals surface area contributed by atoms with Gasteiger partial charge < -0.3 is 0 Å². The molecule has 2 aromatic rings. The Hall–Kier alpha value is -1.35. The molecule has 1 aromatic carbocycles. The highest BCUT2D eigenvalue weighted by atomic mass is 35.5. The monoisotopic (exact) mass is 221 g/mol. The molecule has 2 rings (SSSR count). The lowest BCUT2D eigenvalue weighted by atomic mass is 10.1. The van der Waals surface area contributed by atoms with Crippen LogP contribution in [0.15, 0.2) is 30.3 Å². The van der Waals surface area contributed by atoms with Gasteiger partial charge in [0.15, 0.2) is 0 Å². The van der Waals surface area contributed by atoms with Crippen molar-refractivity contribution in [2.75, 3.05) is 0 Å². The van der Waals surface area contributed by atoms with E-state index in [9.17, 15) is 0 Å². The van der Waals surface area contributed by atoms with Crippen LogP contribution in [0.3, 0.4) is 0 Å². The summed E-state index contributed by atoms with van der Waals surface area (Å²) in [7, 11) is 0. The van der Waals surface area contributed by atoms with Gasteiger partial charge in [-0.05, 0) is 6.92 Å². The molecule has 0 bridgehead atoms. The molecule has 0 unspecified atom stereocenters. The zero-order valence-corrected chi connectivity index (χ0v) is 9.28. The topological polar surface area (TPSA) is 30.7 Å². The van der Waals surface area contributed by atoms with Gasteiger partial charge in [-0.2, -0.15) is 0 Å². The molecule has 1 heterocycles. The van der Waals surface area contributed by atoms with Crippen LogP contribution in [-0.4, -0.2) is 15.0 Å². The lowest BCUT2D eigenvalue weighted by Gasteiger charge is -2.04. The number of alkyl halides is 1. The first kappa shape index (κ1) is 10.2. The van der Waals surface area contributed by atoms with Gasteiger partial charge in [0.1, 0.15) is 5.69 Å². The van der Waals surface area contributed by atoms with Crippen LogP contribution < -0.4 is 0 Å². The van der Waals surface area contributed by atoms with E-state index in [0.717, 1.165) is 23.5 Å². The summed E-state index contributed by atoms with van der Waals surface area (Å²) in [4.78, 5) is 0. The summed E-state index contributed by atoms with van der Waals surface area (Å²) in [6.45, 7) is 2.84. The Morgan fingerprint density at radius 3 is 2.60 bits per heavy atom. The predicted molar refractivity (Wildman–Crippen MR) is 60.7 cm³/mol. The van der Waals surface area contributed by atoms with Crippen molar-refractivity contribution < 1.29 is 0 Å². The van der Waals surface area contributed by atoms with Crippen LogP contribution in [0.25, 0.3) is 11.3 Å². The third-order valence-corrected chi connectivity index (χ3v) is 2.53. The smallest absolute Gasteiger partial charge is 0.105 e. The number of aromatic nitrogens is 3. The molecule has 0 amide bonds. The number of rotatable bonds is 3. The molecule has 0 radical (unpaired) electrons. The second-order valence-corrected chi connectivity index (χ2v) is 3.47. The molecule has 0 saturated heterocycles. The van der Waals surface area contributed by atoms with Crippen LogP contribution in [-0.2, 0) is 12.4 Å². The van der Waals surface area contributed by atoms with E-state index in [1.54, 1.807) is 0 Å². The highest BCUT2D eigenvalue weighted by Gasteiger charge is 2.12. The first-order chi connectivity index (χ1) is 7.36. The number of benzene rings is 1. The lowest BCUT2D eigenvalue weighted by Crippen LogP contribution is -1.99. The van der Waals surface area contributed by atoms with Crippen LogP contribution >= 0.6 is 11.6 Å². The normalized spacial score (nSPS) is 10.5. The molecule has 0 aliphatic heterocycles. The van der Waals surface area contributed by atoms with Crippen molar-refractivity contribution in [2.45, 2.75) is 19.3 Å². The molecule has 0 aliphatic rings. The molecule has 0 N–H and O–H groups in total. The highest BCUT2D eigenvalue weighted by Crippen LogP contribution is 2.22. The minimum absolute atomic E-state index is 0.393. The number of aryl methyl sites for hydroxylation is 1. The molecular weight excluding hydrogens is 210 g/mol. The van der Waals surface area contributed by atoms with Crippen molar-refractivity contribution >= 4 is 11.6 Å². The number of hydrogen-bond donors (Lipinski definition) is 0. The Kier molecular flexibility index (Phi) is 3.02. The van der Waals surface area contributed by atoms with Crippen molar-refractivity contribution in [1.29, 1.82) is 0 Å². The van der Waals surface area contributed by atoms with Crippen LogP contribution in [0.1, 0.15) is 12.6 Å². The molecule has 0 aliphatic carbocycles. The molecule has 1 aromatic heterocycles. The maximum Gasteiger partial charge on any atom is 0.105 e. The van der Waals surface area contributed by atoms with Gasteiger partial charge in [-0.1, -0.05) is 35.5 Å². The third-order valence-electron chi connectivity index (χ3n) is 2.28. The van der Waals surface area contributed by atoms with Crippen molar-refractivity contribution in [3.63, 3.8) is 0 Å². The zero-order valence-electron chi connectivity index (χ0n) is 8.52. The minimum Gasteiger partial charge on any atom is -0.245 e. The Bertz CT molecular complexity index is 415. The third kappa shape index (κ3) is 1.88.